The van der Waals surface area contributed by atoms with E-state index in [1.807, 2.05) is 12.1 Å². The van der Waals surface area contributed by atoms with E-state index in [4.69, 9.17) is 0 Å². The second-order valence-corrected chi connectivity index (χ2v) is 10.2. The molecule has 1 heterocycles. The van der Waals surface area contributed by atoms with Gasteiger partial charge in [-0.25, -0.2) is 18.0 Å². The number of likely N-dealkylation sites (tertiary alicyclic amines) is 1. The molecule has 1 aliphatic heterocycles. The van der Waals surface area contributed by atoms with Gasteiger partial charge >= 0.3 is 5.97 Å². The van der Waals surface area contributed by atoms with Crippen molar-refractivity contribution in [3.63, 3.8) is 0 Å². The number of alkyl halides is 1. The van der Waals surface area contributed by atoms with Gasteiger partial charge in [-0.3, -0.25) is 9.29 Å². The number of aryl methyl sites for hydroxylation is 1. The lowest BCUT2D eigenvalue weighted by Gasteiger charge is -2.34. The first-order valence-electron chi connectivity index (χ1n) is 13.1. The molecule has 0 atom stereocenters. The summed E-state index contributed by atoms with van der Waals surface area (Å²) in [7, 11) is 0. The Bertz CT molecular complexity index is 1500. The van der Waals surface area contributed by atoms with Crippen LogP contribution in [0.25, 0.3) is 17.2 Å². The molecule has 202 valence electrons. The number of carbonyl (C=O) groups is 1. The third-order valence-electron chi connectivity index (χ3n) is 7.56. The Balaban J connectivity index is 1.64. The summed E-state index contributed by atoms with van der Waals surface area (Å²) in [5.41, 5.74) is 5.64. The Morgan fingerprint density at radius 3 is 2.44 bits per heavy atom. The lowest BCUT2D eigenvalue weighted by molar-refractivity contribution is 0.0696. The Hall–Kier alpha value is -3.71. The standard InChI is InChI=1S/C32H29F4NO2/c1-19-25(9-6-22(31(19)36)14-20-17-37(18-20)13-3-12-33)30-26-10-7-23(32(38)39)15-21(26)4-2-5-28(30)27-11-8-24(34)16-29(27)35/h6-11,14-16H,2-5,12-13,17-18H2,1H3,(H,38,39). The predicted molar refractivity (Wildman–Crippen MR) is 145 cm³/mol. The Morgan fingerprint density at radius 1 is 0.974 bits per heavy atom. The van der Waals surface area contributed by atoms with E-state index in [1.165, 1.54) is 18.2 Å². The van der Waals surface area contributed by atoms with E-state index in [2.05, 4.69) is 4.90 Å². The second kappa shape index (κ2) is 11.2. The van der Waals surface area contributed by atoms with Crippen molar-refractivity contribution in [3.8, 4) is 0 Å². The number of fused-ring (bicyclic) bond motifs is 1. The summed E-state index contributed by atoms with van der Waals surface area (Å²) in [6, 6.07) is 11.8. The minimum atomic E-state index is -1.05. The SMILES string of the molecule is Cc1c(C2=C(c3ccc(F)cc3F)CCCc3cc(C(=O)O)ccc32)ccc(C=C2CN(CCCF)C2)c1F. The van der Waals surface area contributed by atoms with Crippen molar-refractivity contribution < 1.29 is 27.5 Å². The number of hydrogen-bond donors (Lipinski definition) is 1. The summed E-state index contributed by atoms with van der Waals surface area (Å²) in [4.78, 5) is 13.7. The van der Waals surface area contributed by atoms with Gasteiger partial charge in [0.05, 0.1) is 12.2 Å². The van der Waals surface area contributed by atoms with Crippen LogP contribution in [0, 0.1) is 24.4 Å². The molecule has 0 spiro atoms. The Labute approximate surface area is 225 Å². The van der Waals surface area contributed by atoms with Crippen LogP contribution in [-0.4, -0.2) is 42.3 Å². The average molecular weight is 536 g/mol. The molecule has 0 aromatic heterocycles. The molecule has 2 aliphatic rings. The number of hydrogen-bond acceptors (Lipinski definition) is 2. The molecular weight excluding hydrogens is 506 g/mol. The molecule has 1 aliphatic carbocycles. The largest absolute Gasteiger partial charge is 0.478 e. The third-order valence-corrected chi connectivity index (χ3v) is 7.56. The lowest BCUT2D eigenvalue weighted by atomic mass is 9.84. The van der Waals surface area contributed by atoms with Gasteiger partial charge in [-0.1, -0.05) is 24.3 Å². The number of allylic oxidation sites excluding steroid dienone is 1. The number of nitrogens with zero attached hydrogens (tertiary/aromatic N) is 1. The van der Waals surface area contributed by atoms with Crippen molar-refractivity contribution >= 4 is 23.2 Å². The van der Waals surface area contributed by atoms with Gasteiger partial charge < -0.3 is 5.11 Å². The highest BCUT2D eigenvalue weighted by atomic mass is 19.1. The van der Waals surface area contributed by atoms with Crippen molar-refractivity contribution in [2.75, 3.05) is 26.3 Å². The van der Waals surface area contributed by atoms with E-state index in [0.717, 1.165) is 17.2 Å². The molecule has 3 aromatic rings. The third kappa shape index (κ3) is 5.41. The van der Waals surface area contributed by atoms with E-state index in [9.17, 15) is 18.7 Å². The van der Waals surface area contributed by atoms with E-state index in [1.54, 1.807) is 25.1 Å². The van der Waals surface area contributed by atoms with Crippen molar-refractivity contribution in [3.05, 3.63) is 110 Å². The zero-order valence-corrected chi connectivity index (χ0v) is 21.7. The van der Waals surface area contributed by atoms with Crippen molar-refractivity contribution in [2.24, 2.45) is 0 Å². The molecule has 3 nitrogen and oxygen atoms in total. The number of aromatic carboxylic acids is 1. The van der Waals surface area contributed by atoms with Gasteiger partial charge in [0, 0.05) is 36.8 Å². The van der Waals surface area contributed by atoms with E-state index >= 15 is 8.78 Å². The normalized spacial score (nSPS) is 15.6. The lowest BCUT2D eigenvalue weighted by Crippen LogP contribution is -2.40. The predicted octanol–water partition coefficient (Wildman–Crippen LogP) is 7.46. The molecular formula is C32H29F4NO2. The maximum atomic E-state index is 15.8. The molecule has 1 fully saturated rings. The Kier molecular flexibility index (Phi) is 7.71. The van der Waals surface area contributed by atoms with Crippen LogP contribution in [-0.2, 0) is 6.42 Å². The number of halogens is 4. The fraction of sp³-hybridized carbons (Fsp3) is 0.281. The van der Waals surface area contributed by atoms with Gasteiger partial charge in [0.1, 0.15) is 17.5 Å². The number of carboxylic acid groups (broad SMARTS) is 1. The van der Waals surface area contributed by atoms with Crippen LogP contribution in [0.4, 0.5) is 17.6 Å². The number of benzene rings is 3. The van der Waals surface area contributed by atoms with Gasteiger partial charge in [-0.15, -0.1) is 0 Å². The maximum Gasteiger partial charge on any atom is 0.335 e. The van der Waals surface area contributed by atoms with E-state index in [-0.39, 0.29) is 23.6 Å². The van der Waals surface area contributed by atoms with Crippen LogP contribution in [0.3, 0.4) is 0 Å². The molecule has 3 aromatic carbocycles. The molecule has 1 saturated heterocycles. The molecule has 0 radical (unpaired) electrons. The Morgan fingerprint density at radius 2 is 1.72 bits per heavy atom. The van der Waals surface area contributed by atoms with Gasteiger partial charge in [-0.2, -0.15) is 0 Å². The molecule has 39 heavy (non-hydrogen) atoms. The molecule has 0 amide bonds. The van der Waals surface area contributed by atoms with Crippen LogP contribution in [0.5, 0.6) is 0 Å². The fourth-order valence-electron chi connectivity index (χ4n) is 5.60. The first-order chi connectivity index (χ1) is 18.8. The van der Waals surface area contributed by atoms with Gasteiger partial charge in [0.15, 0.2) is 0 Å². The van der Waals surface area contributed by atoms with Crippen LogP contribution in [0.1, 0.15) is 63.0 Å². The number of rotatable bonds is 7. The zero-order chi connectivity index (χ0) is 27.7. The minimum absolute atomic E-state index is 0.149. The van der Waals surface area contributed by atoms with Crippen LogP contribution < -0.4 is 0 Å². The fourth-order valence-corrected chi connectivity index (χ4v) is 5.60. The molecule has 7 heteroatoms. The van der Waals surface area contributed by atoms with Gasteiger partial charge in [0.25, 0.3) is 0 Å². The first-order valence-corrected chi connectivity index (χ1v) is 13.1. The highest BCUT2D eigenvalue weighted by molar-refractivity contribution is 6.01. The van der Waals surface area contributed by atoms with Crippen LogP contribution >= 0.6 is 0 Å². The maximum absolute atomic E-state index is 15.8. The summed E-state index contributed by atoms with van der Waals surface area (Å²) in [6.45, 7) is 3.36. The topological polar surface area (TPSA) is 40.5 Å². The molecule has 1 N–H and O–H groups in total. The highest BCUT2D eigenvalue weighted by Crippen LogP contribution is 2.42. The smallest absolute Gasteiger partial charge is 0.335 e. The highest BCUT2D eigenvalue weighted by Gasteiger charge is 2.26. The molecule has 0 bridgehead atoms. The second-order valence-electron chi connectivity index (χ2n) is 10.2. The molecule has 0 saturated carbocycles. The van der Waals surface area contributed by atoms with Crippen molar-refractivity contribution in [2.45, 2.75) is 32.6 Å². The first kappa shape index (κ1) is 26.9. The summed E-state index contributed by atoms with van der Waals surface area (Å²) >= 11 is 0. The quantitative estimate of drug-likeness (QED) is 0.319. The summed E-state index contributed by atoms with van der Waals surface area (Å²) in [5, 5.41) is 9.53. The van der Waals surface area contributed by atoms with Crippen LogP contribution in [0.15, 0.2) is 54.1 Å². The molecule has 5 rings (SSSR count). The summed E-state index contributed by atoms with van der Waals surface area (Å²) < 4.78 is 57.1. The summed E-state index contributed by atoms with van der Waals surface area (Å²) in [5.74, 6) is -2.81. The minimum Gasteiger partial charge on any atom is -0.478 e. The average Bonchev–Trinajstić information content (AvgIpc) is 3.07. The van der Waals surface area contributed by atoms with Crippen molar-refractivity contribution in [1.82, 2.24) is 4.90 Å². The zero-order valence-electron chi connectivity index (χ0n) is 21.7. The van der Waals surface area contributed by atoms with Gasteiger partial charge in [-0.05, 0) is 95.8 Å². The van der Waals surface area contributed by atoms with Gasteiger partial charge in [0.2, 0.25) is 0 Å². The van der Waals surface area contributed by atoms with Crippen molar-refractivity contribution in [1.29, 1.82) is 0 Å². The monoisotopic (exact) mass is 535 g/mol. The van der Waals surface area contributed by atoms with Crippen LogP contribution in [0.2, 0.25) is 0 Å². The number of carboxylic acids is 1. The summed E-state index contributed by atoms with van der Waals surface area (Å²) in [6.07, 6.45) is 3.95. The molecule has 0 unspecified atom stereocenters. The van der Waals surface area contributed by atoms with E-state index < -0.39 is 17.6 Å². The van der Waals surface area contributed by atoms with E-state index in [0.29, 0.717) is 78.7 Å².